The number of methoxy groups -OCH3 is 1. The molecule has 1 amide bonds. The maximum atomic E-state index is 13.7. The van der Waals surface area contributed by atoms with Gasteiger partial charge >= 0.3 is 0 Å². The Balaban J connectivity index is 2.41. The first-order chi connectivity index (χ1) is 10.4. The van der Waals surface area contributed by atoms with Crippen molar-refractivity contribution in [2.24, 2.45) is 0 Å². The van der Waals surface area contributed by atoms with E-state index in [1.54, 1.807) is 6.92 Å². The SMILES string of the molecule is CCn1nnc(NC(=O)c2c(F)c(F)c(OC)c(F)c2F)n1. The van der Waals surface area contributed by atoms with Crippen LogP contribution in [0.4, 0.5) is 23.5 Å². The molecule has 0 aliphatic rings. The summed E-state index contributed by atoms with van der Waals surface area (Å²) in [6.45, 7) is 2.01. The van der Waals surface area contributed by atoms with Gasteiger partial charge in [-0.3, -0.25) is 10.1 Å². The van der Waals surface area contributed by atoms with Gasteiger partial charge in [0.15, 0.2) is 17.4 Å². The summed E-state index contributed by atoms with van der Waals surface area (Å²) in [5.41, 5.74) is -1.45. The van der Waals surface area contributed by atoms with Gasteiger partial charge in [-0.1, -0.05) is 5.10 Å². The summed E-state index contributed by atoms with van der Waals surface area (Å²) in [5.74, 6) is -10.5. The predicted molar refractivity (Wildman–Crippen MR) is 64.3 cm³/mol. The standard InChI is InChI=1S/C11H9F4N5O2/c1-3-20-18-11(17-19-20)16-10(21)4-5(12)7(14)9(22-2)8(15)6(4)13/h3H2,1-2H3,(H,16,18,21). The smallest absolute Gasteiger partial charge is 0.270 e. The number of hydrogen-bond acceptors (Lipinski definition) is 5. The average molecular weight is 319 g/mol. The van der Waals surface area contributed by atoms with Gasteiger partial charge in [0.2, 0.25) is 11.6 Å². The molecule has 0 saturated carbocycles. The Hall–Kier alpha value is -2.72. The second-order valence-electron chi connectivity index (χ2n) is 3.92. The van der Waals surface area contributed by atoms with Crippen LogP contribution in [0.3, 0.4) is 0 Å². The molecule has 0 saturated heterocycles. The zero-order valence-electron chi connectivity index (χ0n) is 11.3. The normalized spacial score (nSPS) is 10.6. The fourth-order valence-corrected chi connectivity index (χ4v) is 1.58. The Morgan fingerprint density at radius 1 is 1.18 bits per heavy atom. The fraction of sp³-hybridized carbons (Fsp3) is 0.273. The molecule has 0 unspecified atom stereocenters. The van der Waals surface area contributed by atoms with E-state index in [0.29, 0.717) is 6.54 Å². The highest BCUT2D eigenvalue weighted by Gasteiger charge is 2.30. The van der Waals surface area contributed by atoms with Crippen LogP contribution >= 0.6 is 0 Å². The Morgan fingerprint density at radius 2 is 1.77 bits per heavy atom. The zero-order chi connectivity index (χ0) is 16.4. The topological polar surface area (TPSA) is 81.9 Å². The largest absolute Gasteiger partial charge is 0.491 e. The molecule has 0 spiro atoms. The summed E-state index contributed by atoms with van der Waals surface area (Å²) in [6, 6.07) is 0. The maximum absolute atomic E-state index is 13.7. The van der Waals surface area contributed by atoms with Crippen molar-refractivity contribution in [3.63, 3.8) is 0 Å². The Morgan fingerprint density at radius 3 is 2.23 bits per heavy atom. The first kappa shape index (κ1) is 15.7. The van der Waals surface area contributed by atoms with Crippen LogP contribution in [0.25, 0.3) is 0 Å². The van der Waals surface area contributed by atoms with Crippen molar-refractivity contribution >= 4 is 11.9 Å². The number of ether oxygens (including phenoxy) is 1. The third-order valence-corrected chi connectivity index (χ3v) is 2.62. The molecule has 0 bridgehead atoms. The molecule has 11 heteroatoms. The van der Waals surface area contributed by atoms with Crippen LogP contribution in [-0.4, -0.2) is 33.2 Å². The highest BCUT2D eigenvalue weighted by atomic mass is 19.2. The second-order valence-corrected chi connectivity index (χ2v) is 3.92. The monoisotopic (exact) mass is 319 g/mol. The van der Waals surface area contributed by atoms with Gasteiger partial charge in [0, 0.05) is 0 Å². The first-order valence-electron chi connectivity index (χ1n) is 5.89. The van der Waals surface area contributed by atoms with E-state index in [0.717, 1.165) is 11.9 Å². The summed E-state index contributed by atoms with van der Waals surface area (Å²) in [4.78, 5) is 12.9. The van der Waals surface area contributed by atoms with Crippen LogP contribution in [0.1, 0.15) is 17.3 Å². The van der Waals surface area contributed by atoms with E-state index >= 15 is 0 Å². The number of aryl methyl sites for hydroxylation is 1. The quantitative estimate of drug-likeness (QED) is 0.682. The fourth-order valence-electron chi connectivity index (χ4n) is 1.58. The van der Waals surface area contributed by atoms with E-state index in [9.17, 15) is 22.4 Å². The molecule has 0 atom stereocenters. The number of carbonyl (C=O) groups excluding carboxylic acids is 1. The van der Waals surface area contributed by atoms with E-state index < -0.39 is 40.5 Å². The van der Waals surface area contributed by atoms with Crippen LogP contribution in [0.5, 0.6) is 5.75 Å². The Bertz CT molecular complexity index is 705. The molecule has 2 rings (SSSR count). The highest BCUT2D eigenvalue weighted by Crippen LogP contribution is 2.29. The van der Waals surface area contributed by atoms with Crippen LogP contribution < -0.4 is 10.1 Å². The lowest BCUT2D eigenvalue weighted by Crippen LogP contribution is -2.19. The van der Waals surface area contributed by atoms with Gasteiger partial charge in [-0.2, -0.15) is 13.6 Å². The molecule has 2 aromatic rings. The molecule has 22 heavy (non-hydrogen) atoms. The van der Waals surface area contributed by atoms with Gasteiger partial charge in [0.1, 0.15) is 5.56 Å². The van der Waals surface area contributed by atoms with Gasteiger partial charge in [0.25, 0.3) is 11.9 Å². The number of halogens is 4. The van der Waals surface area contributed by atoms with Crippen molar-refractivity contribution in [3.8, 4) is 5.75 Å². The van der Waals surface area contributed by atoms with Crippen molar-refractivity contribution in [3.05, 3.63) is 28.8 Å². The number of aromatic nitrogens is 4. The number of anilines is 1. The molecule has 1 aromatic heterocycles. The van der Waals surface area contributed by atoms with Crippen molar-refractivity contribution in [1.82, 2.24) is 20.2 Å². The zero-order valence-corrected chi connectivity index (χ0v) is 11.3. The maximum Gasteiger partial charge on any atom is 0.270 e. The van der Waals surface area contributed by atoms with Crippen molar-refractivity contribution in [2.45, 2.75) is 13.5 Å². The minimum Gasteiger partial charge on any atom is -0.491 e. The predicted octanol–water partition coefficient (Wildman–Crippen LogP) is 1.51. The lowest BCUT2D eigenvalue weighted by Gasteiger charge is -2.10. The summed E-state index contributed by atoms with van der Waals surface area (Å²) < 4.78 is 58.7. The molecule has 0 fully saturated rings. The van der Waals surface area contributed by atoms with E-state index in [2.05, 4.69) is 20.1 Å². The molecular formula is C11H9F4N5O2. The molecule has 0 aliphatic heterocycles. The second kappa shape index (κ2) is 5.95. The van der Waals surface area contributed by atoms with Crippen molar-refractivity contribution < 1.29 is 27.1 Å². The Labute approximate surface area is 120 Å². The van der Waals surface area contributed by atoms with E-state index in [1.165, 1.54) is 0 Å². The van der Waals surface area contributed by atoms with E-state index in [-0.39, 0.29) is 5.95 Å². The van der Waals surface area contributed by atoms with Crippen molar-refractivity contribution in [1.29, 1.82) is 0 Å². The van der Waals surface area contributed by atoms with Crippen LogP contribution in [0, 0.1) is 23.3 Å². The van der Waals surface area contributed by atoms with Crippen LogP contribution in [0.15, 0.2) is 0 Å². The number of amides is 1. The van der Waals surface area contributed by atoms with Crippen LogP contribution in [-0.2, 0) is 6.54 Å². The van der Waals surface area contributed by atoms with Crippen LogP contribution in [0.2, 0.25) is 0 Å². The molecule has 0 radical (unpaired) electrons. The average Bonchev–Trinajstić information content (AvgIpc) is 2.93. The first-order valence-corrected chi connectivity index (χ1v) is 5.89. The highest BCUT2D eigenvalue weighted by molar-refractivity contribution is 6.03. The number of nitrogens with zero attached hydrogens (tertiary/aromatic N) is 4. The molecule has 0 aliphatic carbocycles. The summed E-state index contributed by atoms with van der Waals surface area (Å²) in [5, 5.41) is 12.4. The third kappa shape index (κ3) is 2.56. The molecule has 1 heterocycles. The van der Waals surface area contributed by atoms with Gasteiger partial charge in [-0.25, -0.2) is 8.78 Å². The summed E-state index contributed by atoms with van der Waals surface area (Å²) >= 11 is 0. The van der Waals surface area contributed by atoms with Gasteiger partial charge < -0.3 is 4.74 Å². The number of benzene rings is 1. The number of nitrogens with one attached hydrogen (secondary N) is 1. The number of carbonyl (C=O) groups is 1. The lowest BCUT2D eigenvalue weighted by molar-refractivity contribution is 0.101. The minimum atomic E-state index is -1.89. The van der Waals surface area contributed by atoms with Gasteiger partial charge in [0.05, 0.1) is 13.7 Å². The molecular weight excluding hydrogens is 310 g/mol. The van der Waals surface area contributed by atoms with E-state index in [1.807, 2.05) is 5.32 Å². The molecule has 118 valence electrons. The van der Waals surface area contributed by atoms with E-state index in [4.69, 9.17) is 0 Å². The lowest BCUT2D eigenvalue weighted by atomic mass is 10.1. The number of hydrogen-bond donors (Lipinski definition) is 1. The molecule has 1 aromatic carbocycles. The van der Waals surface area contributed by atoms with Gasteiger partial charge in [-0.05, 0) is 12.1 Å². The van der Waals surface area contributed by atoms with Crippen molar-refractivity contribution in [2.75, 3.05) is 12.4 Å². The third-order valence-electron chi connectivity index (χ3n) is 2.62. The Kier molecular flexibility index (Phi) is 4.24. The minimum absolute atomic E-state index is 0.331. The molecule has 7 nitrogen and oxygen atoms in total. The summed E-state index contributed by atoms with van der Waals surface area (Å²) in [6.07, 6.45) is 0. The number of rotatable bonds is 4. The van der Waals surface area contributed by atoms with Gasteiger partial charge in [-0.15, -0.1) is 5.10 Å². The number of tetrazole rings is 1. The molecule has 1 N–H and O–H groups in total. The summed E-state index contributed by atoms with van der Waals surface area (Å²) in [7, 11) is 0.826.